The zero-order valence-electron chi connectivity index (χ0n) is 13.6. The lowest BCUT2D eigenvalue weighted by Crippen LogP contribution is -2.10. The topological polar surface area (TPSA) is 81.5 Å². The molecule has 0 aliphatic rings. The van der Waals surface area contributed by atoms with Crippen LogP contribution < -0.4 is 10.1 Å². The Labute approximate surface area is 168 Å². The molecule has 0 unspecified atom stereocenters. The van der Waals surface area contributed by atoms with Gasteiger partial charge < -0.3 is 10.1 Å². The number of para-hydroxylation sites is 1. The highest BCUT2D eigenvalue weighted by Crippen LogP contribution is 2.28. The van der Waals surface area contributed by atoms with Crippen LogP contribution in [0.4, 0.5) is 11.4 Å². The molecule has 1 heterocycles. The van der Waals surface area contributed by atoms with Crippen molar-refractivity contribution in [2.75, 3.05) is 5.32 Å². The van der Waals surface area contributed by atoms with Crippen LogP contribution in [0.5, 0.6) is 5.75 Å². The number of non-ortho nitro benzene ring substituents is 1. The summed E-state index contributed by atoms with van der Waals surface area (Å²) >= 11 is 13.3. The molecule has 1 N–H and O–H groups in total. The third-order valence-corrected chi connectivity index (χ3v) is 5.12. The monoisotopic (exact) mass is 422 g/mol. The molecule has 27 heavy (non-hydrogen) atoms. The Morgan fingerprint density at radius 2 is 1.93 bits per heavy atom. The van der Waals surface area contributed by atoms with Gasteiger partial charge >= 0.3 is 0 Å². The van der Waals surface area contributed by atoms with Gasteiger partial charge in [0, 0.05) is 17.7 Å². The van der Waals surface area contributed by atoms with Crippen molar-refractivity contribution in [3.8, 4) is 5.75 Å². The number of nitrogens with one attached hydrogen (secondary N) is 1. The molecule has 0 saturated heterocycles. The van der Waals surface area contributed by atoms with Gasteiger partial charge in [-0.1, -0.05) is 35.3 Å². The molecular formula is C18H12Cl2N2O4S. The van der Waals surface area contributed by atoms with E-state index in [2.05, 4.69) is 5.32 Å². The molecule has 2 aromatic carbocycles. The van der Waals surface area contributed by atoms with Crippen molar-refractivity contribution in [3.05, 3.63) is 84.5 Å². The van der Waals surface area contributed by atoms with Crippen molar-refractivity contribution in [1.82, 2.24) is 0 Å². The van der Waals surface area contributed by atoms with Gasteiger partial charge in [0.2, 0.25) is 0 Å². The number of carbonyl (C=O) groups excluding carboxylic acids is 1. The standard InChI is InChI=1S/C18H12Cl2N2O4S/c19-13-3-1-2-4-16(13)26-9-11-7-17(27-10-11)18(23)21-15-6-5-12(22(24)25)8-14(15)20/h1-8,10H,9H2,(H,21,23). The summed E-state index contributed by atoms with van der Waals surface area (Å²) < 4.78 is 5.65. The number of ether oxygens (including phenoxy) is 1. The summed E-state index contributed by atoms with van der Waals surface area (Å²) in [7, 11) is 0. The molecule has 0 fully saturated rings. The van der Waals surface area contributed by atoms with E-state index in [0.717, 1.165) is 5.56 Å². The number of rotatable bonds is 6. The van der Waals surface area contributed by atoms with E-state index in [9.17, 15) is 14.9 Å². The van der Waals surface area contributed by atoms with Crippen LogP contribution in [0.3, 0.4) is 0 Å². The Balaban J connectivity index is 1.65. The minimum absolute atomic E-state index is 0.0939. The van der Waals surface area contributed by atoms with E-state index in [-0.39, 0.29) is 23.2 Å². The summed E-state index contributed by atoms with van der Waals surface area (Å²) in [6.07, 6.45) is 0. The highest BCUT2D eigenvalue weighted by Gasteiger charge is 2.14. The number of hydrogen-bond donors (Lipinski definition) is 1. The smallest absolute Gasteiger partial charge is 0.271 e. The van der Waals surface area contributed by atoms with Gasteiger partial charge in [0.15, 0.2) is 0 Å². The molecule has 3 aromatic rings. The van der Waals surface area contributed by atoms with Gasteiger partial charge in [0.25, 0.3) is 11.6 Å². The molecule has 9 heteroatoms. The molecular weight excluding hydrogens is 411 g/mol. The molecule has 0 saturated carbocycles. The highest BCUT2D eigenvalue weighted by atomic mass is 35.5. The van der Waals surface area contributed by atoms with Crippen molar-refractivity contribution in [2.24, 2.45) is 0 Å². The Morgan fingerprint density at radius 3 is 2.63 bits per heavy atom. The van der Waals surface area contributed by atoms with Crippen molar-refractivity contribution in [1.29, 1.82) is 0 Å². The molecule has 0 aliphatic heterocycles. The van der Waals surface area contributed by atoms with Gasteiger partial charge in [-0.15, -0.1) is 11.3 Å². The predicted molar refractivity (Wildman–Crippen MR) is 106 cm³/mol. The summed E-state index contributed by atoms with van der Waals surface area (Å²) in [5, 5.41) is 15.8. The second-order valence-electron chi connectivity index (χ2n) is 5.41. The van der Waals surface area contributed by atoms with E-state index in [1.54, 1.807) is 18.2 Å². The molecule has 1 aromatic heterocycles. The number of amides is 1. The summed E-state index contributed by atoms with van der Waals surface area (Å²) in [5.41, 5.74) is 0.975. The van der Waals surface area contributed by atoms with Gasteiger partial charge in [0.05, 0.1) is 25.5 Å². The van der Waals surface area contributed by atoms with E-state index < -0.39 is 4.92 Å². The van der Waals surface area contributed by atoms with Crippen LogP contribution in [0.25, 0.3) is 0 Å². The molecule has 0 spiro atoms. The normalized spacial score (nSPS) is 10.4. The molecule has 138 valence electrons. The molecule has 1 amide bonds. The third-order valence-electron chi connectivity index (χ3n) is 3.52. The van der Waals surface area contributed by atoms with E-state index in [0.29, 0.717) is 21.3 Å². The molecule has 0 aliphatic carbocycles. The zero-order valence-corrected chi connectivity index (χ0v) is 16.0. The fourth-order valence-corrected chi connectivity index (χ4v) is 3.40. The van der Waals surface area contributed by atoms with Crippen LogP contribution in [0.1, 0.15) is 15.2 Å². The third kappa shape index (κ3) is 4.77. The summed E-state index contributed by atoms with van der Waals surface area (Å²) in [6.45, 7) is 0.270. The summed E-state index contributed by atoms with van der Waals surface area (Å²) in [5.74, 6) is 0.203. The quantitative estimate of drug-likeness (QED) is 0.402. The molecule has 3 rings (SSSR count). The second-order valence-corrected chi connectivity index (χ2v) is 7.14. The van der Waals surface area contributed by atoms with Crippen LogP contribution in [-0.2, 0) is 6.61 Å². The van der Waals surface area contributed by atoms with Crippen LogP contribution in [0.2, 0.25) is 10.0 Å². The minimum Gasteiger partial charge on any atom is -0.487 e. The first-order valence-corrected chi connectivity index (χ1v) is 9.27. The van der Waals surface area contributed by atoms with Crippen molar-refractivity contribution >= 4 is 51.8 Å². The molecule has 0 atom stereocenters. The maximum atomic E-state index is 12.4. The van der Waals surface area contributed by atoms with Crippen LogP contribution in [0, 0.1) is 10.1 Å². The number of halogens is 2. The van der Waals surface area contributed by atoms with E-state index in [1.807, 2.05) is 17.5 Å². The lowest BCUT2D eigenvalue weighted by Gasteiger charge is -2.06. The molecule has 6 nitrogen and oxygen atoms in total. The first-order valence-electron chi connectivity index (χ1n) is 7.64. The van der Waals surface area contributed by atoms with Crippen molar-refractivity contribution in [2.45, 2.75) is 6.61 Å². The average molecular weight is 423 g/mol. The highest BCUT2D eigenvalue weighted by molar-refractivity contribution is 7.12. The van der Waals surface area contributed by atoms with Gasteiger partial charge in [-0.05, 0) is 29.6 Å². The summed E-state index contributed by atoms with van der Waals surface area (Å²) in [6, 6.07) is 12.7. The maximum absolute atomic E-state index is 12.4. The molecule has 0 bridgehead atoms. The lowest BCUT2D eigenvalue weighted by atomic mass is 10.2. The van der Waals surface area contributed by atoms with Gasteiger partial charge in [-0.2, -0.15) is 0 Å². The SMILES string of the molecule is O=C(Nc1ccc([N+](=O)[O-])cc1Cl)c1cc(COc2ccccc2Cl)cs1. The first kappa shape index (κ1) is 19.2. The van der Waals surface area contributed by atoms with Crippen molar-refractivity contribution < 1.29 is 14.5 Å². The fraction of sp³-hybridized carbons (Fsp3) is 0.0556. The largest absolute Gasteiger partial charge is 0.487 e. The van der Waals surface area contributed by atoms with Gasteiger partial charge in [-0.3, -0.25) is 14.9 Å². The predicted octanol–water partition coefficient (Wildman–Crippen LogP) is 5.79. The van der Waals surface area contributed by atoms with Crippen LogP contribution >= 0.6 is 34.5 Å². The Hall–Kier alpha value is -2.61. The zero-order chi connectivity index (χ0) is 19.4. The van der Waals surface area contributed by atoms with Crippen molar-refractivity contribution in [3.63, 3.8) is 0 Å². The molecule has 0 radical (unpaired) electrons. The number of nitro benzene ring substituents is 1. The lowest BCUT2D eigenvalue weighted by molar-refractivity contribution is -0.384. The minimum atomic E-state index is -0.554. The Morgan fingerprint density at radius 1 is 1.15 bits per heavy atom. The van der Waals surface area contributed by atoms with E-state index in [4.69, 9.17) is 27.9 Å². The van der Waals surface area contributed by atoms with Crippen LogP contribution in [-0.4, -0.2) is 10.8 Å². The summed E-state index contributed by atoms with van der Waals surface area (Å²) in [4.78, 5) is 23.0. The van der Waals surface area contributed by atoms with E-state index >= 15 is 0 Å². The van der Waals surface area contributed by atoms with Gasteiger partial charge in [0.1, 0.15) is 12.4 Å². The fourth-order valence-electron chi connectivity index (χ4n) is 2.20. The number of hydrogen-bond acceptors (Lipinski definition) is 5. The maximum Gasteiger partial charge on any atom is 0.271 e. The number of benzene rings is 2. The number of carbonyl (C=O) groups is 1. The van der Waals surface area contributed by atoms with Crippen LogP contribution in [0.15, 0.2) is 53.9 Å². The van der Waals surface area contributed by atoms with Gasteiger partial charge in [-0.25, -0.2) is 0 Å². The number of anilines is 1. The average Bonchev–Trinajstić information content (AvgIpc) is 3.11. The number of nitro groups is 1. The number of thiophene rings is 1. The number of nitrogens with zero attached hydrogens (tertiary/aromatic N) is 1. The Bertz CT molecular complexity index is 1010. The van der Waals surface area contributed by atoms with E-state index in [1.165, 1.54) is 29.5 Å². The first-order chi connectivity index (χ1) is 12.9. The Kier molecular flexibility index (Phi) is 5.95. The second kappa shape index (κ2) is 8.39.